The second-order valence-corrected chi connectivity index (χ2v) is 6.84. The first-order valence-corrected chi connectivity index (χ1v) is 9.34. The first-order valence-electron chi connectivity index (χ1n) is 8.08. The topological polar surface area (TPSA) is 65.2 Å². The van der Waals surface area contributed by atoms with E-state index in [1.165, 1.54) is 11.3 Å². The maximum Gasteiger partial charge on any atom is 0.374 e. The van der Waals surface area contributed by atoms with E-state index in [0.29, 0.717) is 16.5 Å². The van der Waals surface area contributed by atoms with Gasteiger partial charge >= 0.3 is 5.97 Å². The maximum atomic E-state index is 12.2. The highest BCUT2D eigenvalue weighted by Gasteiger charge is 2.16. The number of aromatic nitrogens is 2. The average Bonchev–Trinajstić information content (AvgIpc) is 3.37. The van der Waals surface area contributed by atoms with Crippen LogP contribution in [-0.2, 0) is 11.3 Å². The van der Waals surface area contributed by atoms with Crippen LogP contribution in [0.4, 0.5) is 0 Å². The number of carbonyl (C=O) groups excluding carboxylic acids is 1. The molecular weight excluding hydrogens is 384 g/mol. The molecule has 4 rings (SSSR count). The molecule has 1 aromatic carbocycles. The third-order valence-corrected chi connectivity index (χ3v) is 4.98. The second-order valence-electron chi connectivity index (χ2n) is 5.58. The number of ether oxygens (including phenoxy) is 1. The predicted molar refractivity (Wildman–Crippen MR) is 104 cm³/mol. The number of pyridine rings is 1. The van der Waals surface area contributed by atoms with Gasteiger partial charge in [-0.1, -0.05) is 29.8 Å². The maximum absolute atomic E-state index is 12.2. The minimum atomic E-state index is -0.555. The van der Waals surface area contributed by atoms with Crippen molar-refractivity contribution in [3.63, 3.8) is 0 Å². The molecule has 3 aromatic heterocycles. The first kappa shape index (κ1) is 17.5. The van der Waals surface area contributed by atoms with Gasteiger partial charge < -0.3 is 9.15 Å². The molecule has 7 heteroatoms. The molecule has 0 aliphatic heterocycles. The molecule has 0 aliphatic carbocycles. The number of halogens is 1. The molecule has 0 aliphatic rings. The van der Waals surface area contributed by atoms with E-state index in [1.54, 1.807) is 24.4 Å². The summed E-state index contributed by atoms with van der Waals surface area (Å²) in [5, 5.41) is 3.17. The molecule has 0 saturated carbocycles. The Hall–Kier alpha value is -2.96. The fraction of sp³-hybridized carbons (Fsp3) is 0.0500. The van der Waals surface area contributed by atoms with Gasteiger partial charge in [0.15, 0.2) is 0 Å². The van der Waals surface area contributed by atoms with Crippen molar-refractivity contribution < 1.29 is 13.9 Å². The lowest BCUT2D eigenvalue weighted by Gasteiger charge is -2.01. The number of hydrogen-bond donors (Lipinski definition) is 0. The molecule has 0 saturated heterocycles. The predicted octanol–water partition coefficient (Wildman–Crippen LogP) is 5.48. The highest BCUT2D eigenvalue weighted by molar-refractivity contribution is 7.13. The van der Waals surface area contributed by atoms with Crippen molar-refractivity contribution in [1.82, 2.24) is 9.97 Å². The molecule has 0 atom stereocenters. The summed E-state index contributed by atoms with van der Waals surface area (Å²) in [6, 6.07) is 16.2. The van der Waals surface area contributed by atoms with Gasteiger partial charge in [-0.25, -0.2) is 9.78 Å². The quantitative estimate of drug-likeness (QED) is 0.418. The van der Waals surface area contributed by atoms with Gasteiger partial charge in [0.25, 0.3) is 0 Å². The Balaban J connectivity index is 1.42. The van der Waals surface area contributed by atoms with Crippen LogP contribution in [0.25, 0.3) is 22.0 Å². The zero-order valence-electron chi connectivity index (χ0n) is 14.0. The molecule has 0 N–H and O–H groups in total. The fourth-order valence-electron chi connectivity index (χ4n) is 2.44. The minimum Gasteiger partial charge on any atom is -0.453 e. The summed E-state index contributed by atoms with van der Waals surface area (Å²) < 4.78 is 10.9. The molecule has 4 aromatic rings. The first-order chi connectivity index (χ1) is 13.2. The van der Waals surface area contributed by atoms with E-state index < -0.39 is 5.97 Å². The van der Waals surface area contributed by atoms with Gasteiger partial charge in [-0.3, -0.25) is 4.98 Å². The van der Waals surface area contributed by atoms with Crippen LogP contribution in [0.15, 0.2) is 70.6 Å². The van der Waals surface area contributed by atoms with Crippen molar-refractivity contribution in [3.05, 3.63) is 82.7 Å². The van der Waals surface area contributed by atoms with Gasteiger partial charge in [0, 0.05) is 17.1 Å². The van der Waals surface area contributed by atoms with Crippen LogP contribution in [0.3, 0.4) is 0 Å². The van der Waals surface area contributed by atoms with Crippen LogP contribution in [0, 0.1) is 0 Å². The van der Waals surface area contributed by atoms with Crippen molar-refractivity contribution in [2.75, 3.05) is 0 Å². The van der Waals surface area contributed by atoms with E-state index in [0.717, 1.165) is 16.3 Å². The Bertz CT molecular complexity index is 1080. The van der Waals surface area contributed by atoms with Crippen molar-refractivity contribution in [2.45, 2.75) is 6.61 Å². The number of hydrogen-bond acceptors (Lipinski definition) is 6. The zero-order chi connectivity index (χ0) is 18.6. The number of esters is 1. The summed E-state index contributed by atoms with van der Waals surface area (Å²) in [6.45, 7) is 0.0598. The van der Waals surface area contributed by atoms with Crippen molar-refractivity contribution in [1.29, 1.82) is 0 Å². The number of benzene rings is 1. The Kier molecular flexibility index (Phi) is 5.00. The molecule has 0 unspecified atom stereocenters. The minimum absolute atomic E-state index is 0.0598. The summed E-state index contributed by atoms with van der Waals surface area (Å²) in [7, 11) is 0. The normalized spacial score (nSPS) is 10.7. The zero-order valence-corrected chi connectivity index (χ0v) is 15.5. The molecule has 0 spiro atoms. The smallest absolute Gasteiger partial charge is 0.374 e. The third-order valence-electron chi connectivity index (χ3n) is 3.73. The Morgan fingerprint density at radius 3 is 2.78 bits per heavy atom. The third kappa shape index (κ3) is 3.92. The van der Waals surface area contributed by atoms with Gasteiger partial charge in [0.2, 0.25) is 5.76 Å². The van der Waals surface area contributed by atoms with Gasteiger partial charge in [-0.2, -0.15) is 0 Å². The SMILES string of the molecule is O=C(OCc1csc(-c2ccccn2)n1)c1ccc(-c2ccccc2Cl)o1. The highest BCUT2D eigenvalue weighted by atomic mass is 35.5. The number of rotatable bonds is 5. The lowest BCUT2D eigenvalue weighted by Crippen LogP contribution is -2.04. The van der Waals surface area contributed by atoms with E-state index in [1.807, 2.05) is 41.8 Å². The number of furan rings is 1. The standard InChI is InChI=1S/C20H13ClN2O3S/c21-15-6-2-1-5-14(15)17-8-9-18(26-17)20(24)25-11-13-12-27-19(23-13)16-7-3-4-10-22-16/h1-10,12H,11H2. The molecular formula is C20H13ClN2O3S. The van der Waals surface area contributed by atoms with E-state index in [4.69, 9.17) is 20.8 Å². The van der Waals surface area contributed by atoms with Crippen LogP contribution < -0.4 is 0 Å². The largest absolute Gasteiger partial charge is 0.453 e. The van der Waals surface area contributed by atoms with E-state index in [9.17, 15) is 4.79 Å². The fourth-order valence-corrected chi connectivity index (χ4v) is 3.45. The highest BCUT2D eigenvalue weighted by Crippen LogP contribution is 2.29. The van der Waals surface area contributed by atoms with Crippen LogP contribution in [0.1, 0.15) is 16.2 Å². The van der Waals surface area contributed by atoms with E-state index >= 15 is 0 Å². The van der Waals surface area contributed by atoms with Gasteiger partial charge in [-0.15, -0.1) is 11.3 Å². The van der Waals surface area contributed by atoms with E-state index in [-0.39, 0.29) is 12.4 Å². The Morgan fingerprint density at radius 2 is 1.96 bits per heavy atom. The van der Waals surface area contributed by atoms with Crippen molar-refractivity contribution in [2.24, 2.45) is 0 Å². The van der Waals surface area contributed by atoms with Crippen LogP contribution in [-0.4, -0.2) is 15.9 Å². The Labute approximate surface area is 164 Å². The molecule has 0 amide bonds. The number of nitrogens with zero attached hydrogens (tertiary/aromatic N) is 2. The molecule has 5 nitrogen and oxygen atoms in total. The summed E-state index contributed by atoms with van der Waals surface area (Å²) in [5.41, 5.74) is 2.17. The van der Waals surface area contributed by atoms with Crippen LogP contribution >= 0.6 is 22.9 Å². The second kappa shape index (κ2) is 7.73. The molecule has 3 heterocycles. The molecule has 0 fully saturated rings. The van der Waals surface area contributed by atoms with Crippen LogP contribution in [0.5, 0.6) is 0 Å². The summed E-state index contributed by atoms with van der Waals surface area (Å²) in [6.07, 6.45) is 1.71. The average molecular weight is 397 g/mol. The summed E-state index contributed by atoms with van der Waals surface area (Å²) >= 11 is 7.60. The van der Waals surface area contributed by atoms with Crippen molar-refractivity contribution >= 4 is 28.9 Å². The molecule has 0 bridgehead atoms. The number of carbonyl (C=O) groups is 1. The van der Waals surface area contributed by atoms with Gasteiger partial charge in [-0.05, 0) is 36.4 Å². The van der Waals surface area contributed by atoms with Gasteiger partial charge in [0.05, 0.1) is 16.4 Å². The Morgan fingerprint density at radius 1 is 1.11 bits per heavy atom. The lowest BCUT2D eigenvalue weighted by atomic mass is 10.2. The number of thiazole rings is 1. The molecule has 134 valence electrons. The monoisotopic (exact) mass is 396 g/mol. The van der Waals surface area contributed by atoms with E-state index in [2.05, 4.69) is 9.97 Å². The summed E-state index contributed by atoms with van der Waals surface area (Å²) in [4.78, 5) is 20.9. The van der Waals surface area contributed by atoms with Crippen molar-refractivity contribution in [3.8, 4) is 22.0 Å². The molecule has 0 radical (unpaired) electrons. The van der Waals surface area contributed by atoms with Gasteiger partial charge in [0.1, 0.15) is 17.4 Å². The summed E-state index contributed by atoms with van der Waals surface area (Å²) in [5.74, 6) is 0.0736. The van der Waals surface area contributed by atoms with Crippen LogP contribution in [0.2, 0.25) is 5.02 Å². The molecule has 27 heavy (non-hydrogen) atoms. The lowest BCUT2D eigenvalue weighted by molar-refractivity contribution is 0.0433.